The van der Waals surface area contributed by atoms with Gasteiger partial charge in [0.1, 0.15) is 11.9 Å². The van der Waals surface area contributed by atoms with E-state index in [4.69, 9.17) is 45.3 Å². The van der Waals surface area contributed by atoms with Gasteiger partial charge < -0.3 is 20.7 Å². The number of hydrogen-bond donors (Lipinski definition) is 2. The third-order valence-electron chi connectivity index (χ3n) is 6.57. The molecule has 0 aliphatic carbocycles. The van der Waals surface area contributed by atoms with Gasteiger partial charge in [-0.2, -0.15) is 0 Å². The van der Waals surface area contributed by atoms with Gasteiger partial charge in [0.2, 0.25) is 5.91 Å². The molecule has 0 unspecified atom stereocenters. The first kappa shape index (κ1) is 24.6. The van der Waals surface area contributed by atoms with Crippen LogP contribution >= 0.6 is 34.8 Å². The molecule has 5 nitrogen and oxygen atoms in total. The summed E-state index contributed by atoms with van der Waals surface area (Å²) in [6, 6.07) is 10.6. The van der Waals surface area contributed by atoms with Crippen LogP contribution in [-0.2, 0) is 11.2 Å². The number of carbonyl (C=O) groups excluding carboxylic acids is 1. The Morgan fingerprint density at radius 3 is 2.39 bits per heavy atom. The fraction of sp³-hybridized carbons (Fsp3) is 0.480. The lowest BCUT2D eigenvalue weighted by molar-refractivity contribution is -0.133. The maximum Gasteiger partial charge on any atom is 0.239 e. The first-order valence-electron chi connectivity index (χ1n) is 11.6. The van der Waals surface area contributed by atoms with Gasteiger partial charge in [-0.3, -0.25) is 4.79 Å². The maximum atomic E-state index is 13.0. The van der Waals surface area contributed by atoms with E-state index in [1.54, 1.807) is 12.1 Å². The standard InChI is InChI=1S/C25H30Cl3N3O2/c26-18-2-1-17(22(28)14-18)13-23(29)25(32)31-11-7-16(8-12-31)21-4-3-19(27)15-24(21)33-20-5-9-30-10-6-20/h1-4,14-16,20,23,30H,5-13,29H2/t23-/m1/s1. The number of nitrogens with one attached hydrogen (secondary N) is 1. The zero-order chi connectivity index (χ0) is 23.4. The first-order chi connectivity index (χ1) is 15.9. The molecule has 2 saturated heterocycles. The van der Waals surface area contributed by atoms with Crippen molar-refractivity contribution in [2.24, 2.45) is 5.73 Å². The monoisotopic (exact) mass is 509 g/mol. The Morgan fingerprint density at radius 2 is 1.70 bits per heavy atom. The molecule has 0 saturated carbocycles. The molecule has 2 fully saturated rings. The summed E-state index contributed by atoms with van der Waals surface area (Å²) in [6.07, 6.45) is 4.32. The number of benzene rings is 2. The zero-order valence-corrected chi connectivity index (χ0v) is 20.8. The minimum Gasteiger partial charge on any atom is -0.490 e. The Balaban J connectivity index is 1.36. The summed E-state index contributed by atoms with van der Waals surface area (Å²) in [5.74, 6) is 1.17. The molecule has 8 heteroatoms. The van der Waals surface area contributed by atoms with Gasteiger partial charge in [-0.1, -0.05) is 46.9 Å². The van der Waals surface area contributed by atoms with Crippen LogP contribution in [0.15, 0.2) is 36.4 Å². The number of nitrogens with zero attached hydrogens (tertiary/aromatic N) is 1. The van der Waals surface area contributed by atoms with Crippen LogP contribution in [-0.4, -0.2) is 49.1 Å². The van der Waals surface area contributed by atoms with Gasteiger partial charge in [-0.05, 0) is 86.5 Å². The molecule has 33 heavy (non-hydrogen) atoms. The number of piperidine rings is 2. The predicted octanol–water partition coefficient (Wildman–Crippen LogP) is 5.05. The second-order valence-corrected chi connectivity index (χ2v) is 10.2. The minimum atomic E-state index is -0.630. The van der Waals surface area contributed by atoms with E-state index in [-0.39, 0.29) is 12.0 Å². The molecule has 2 aromatic carbocycles. The molecule has 2 aliphatic heterocycles. The van der Waals surface area contributed by atoms with E-state index in [9.17, 15) is 4.79 Å². The molecule has 2 heterocycles. The van der Waals surface area contributed by atoms with Gasteiger partial charge in [-0.15, -0.1) is 0 Å². The van der Waals surface area contributed by atoms with E-state index in [2.05, 4.69) is 11.4 Å². The highest BCUT2D eigenvalue weighted by atomic mass is 35.5. The van der Waals surface area contributed by atoms with Crippen molar-refractivity contribution < 1.29 is 9.53 Å². The molecule has 0 radical (unpaired) electrons. The van der Waals surface area contributed by atoms with Gasteiger partial charge >= 0.3 is 0 Å². The Bertz CT molecular complexity index is 973. The number of hydrogen-bond acceptors (Lipinski definition) is 4. The SMILES string of the molecule is N[C@H](Cc1ccc(Cl)cc1Cl)C(=O)N1CCC(c2ccc(Cl)cc2OC2CCNCC2)CC1. The second kappa shape index (κ2) is 11.3. The number of ether oxygens (including phenoxy) is 1. The zero-order valence-electron chi connectivity index (χ0n) is 18.5. The van der Waals surface area contributed by atoms with Crippen LogP contribution in [0.1, 0.15) is 42.7 Å². The van der Waals surface area contributed by atoms with Crippen molar-refractivity contribution in [3.63, 3.8) is 0 Å². The van der Waals surface area contributed by atoms with Gasteiger partial charge in [0, 0.05) is 28.2 Å². The van der Waals surface area contributed by atoms with Gasteiger partial charge in [0.15, 0.2) is 0 Å². The summed E-state index contributed by atoms with van der Waals surface area (Å²) < 4.78 is 6.37. The molecular formula is C25H30Cl3N3O2. The number of likely N-dealkylation sites (tertiary alicyclic amines) is 1. The second-order valence-electron chi connectivity index (χ2n) is 8.90. The van der Waals surface area contributed by atoms with Crippen LogP contribution < -0.4 is 15.8 Å². The van der Waals surface area contributed by atoms with Crippen LogP contribution in [0, 0.1) is 0 Å². The van der Waals surface area contributed by atoms with Crippen LogP contribution in [0.5, 0.6) is 5.75 Å². The van der Waals surface area contributed by atoms with E-state index in [0.29, 0.717) is 40.5 Å². The van der Waals surface area contributed by atoms with Crippen molar-refractivity contribution in [1.82, 2.24) is 10.2 Å². The first-order valence-corrected chi connectivity index (χ1v) is 12.7. The Hall–Kier alpha value is -1.50. The van der Waals surface area contributed by atoms with E-state index in [1.165, 1.54) is 5.56 Å². The van der Waals surface area contributed by atoms with Crippen LogP contribution in [0.3, 0.4) is 0 Å². The van der Waals surface area contributed by atoms with Crippen molar-refractivity contribution in [3.05, 3.63) is 62.6 Å². The molecule has 4 rings (SSSR count). The summed E-state index contributed by atoms with van der Waals surface area (Å²) in [5, 5.41) is 5.15. The summed E-state index contributed by atoms with van der Waals surface area (Å²) in [7, 11) is 0. The number of nitrogens with two attached hydrogens (primary N) is 1. The molecule has 3 N–H and O–H groups in total. The summed E-state index contributed by atoms with van der Waals surface area (Å²) in [5.41, 5.74) is 8.27. The minimum absolute atomic E-state index is 0.0400. The van der Waals surface area contributed by atoms with Crippen molar-refractivity contribution in [2.75, 3.05) is 26.2 Å². The predicted molar refractivity (Wildman–Crippen MR) is 135 cm³/mol. The summed E-state index contributed by atoms with van der Waals surface area (Å²) >= 11 is 18.5. The molecule has 2 aliphatic rings. The highest BCUT2D eigenvalue weighted by Gasteiger charge is 2.29. The highest BCUT2D eigenvalue weighted by Crippen LogP contribution is 2.37. The lowest BCUT2D eigenvalue weighted by atomic mass is 9.88. The smallest absolute Gasteiger partial charge is 0.239 e. The van der Waals surface area contributed by atoms with E-state index in [1.807, 2.05) is 23.1 Å². The Labute approximate surface area is 210 Å². The third-order valence-corrected chi connectivity index (χ3v) is 7.40. The Morgan fingerprint density at radius 1 is 1.03 bits per heavy atom. The van der Waals surface area contributed by atoms with E-state index in [0.717, 1.165) is 50.1 Å². The molecule has 0 bridgehead atoms. The average Bonchev–Trinajstić information content (AvgIpc) is 2.81. The topological polar surface area (TPSA) is 67.6 Å². The maximum absolute atomic E-state index is 13.0. The molecule has 2 aromatic rings. The Kier molecular flexibility index (Phi) is 8.42. The highest BCUT2D eigenvalue weighted by molar-refractivity contribution is 6.35. The fourth-order valence-electron chi connectivity index (χ4n) is 4.70. The largest absolute Gasteiger partial charge is 0.490 e. The van der Waals surface area contributed by atoms with Gasteiger partial charge in [-0.25, -0.2) is 0 Å². The number of carbonyl (C=O) groups is 1. The van der Waals surface area contributed by atoms with Crippen LogP contribution in [0.4, 0.5) is 0 Å². The molecular weight excluding hydrogens is 481 g/mol. The summed E-state index contributed by atoms with van der Waals surface area (Å²) in [4.78, 5) is 14.9. The quantitative estimate of drug-likeness (QED) is 0.570. The van der Waals surface area contributed by atoms with Crippen molar-refractivity contribution >= 4 is 40.7 Å². The molecule has 178 valence electrons. The van der Waals surface area contributed by atoms with Gasteiger partial charge in [0.05, 0.1) is 6.04 Å². The molecule has 1 amide bonds. The number of halogens is 3. The van der Waals surface area contributed by atoms with E-state index < -0.39 is 6.04 Å². The normalized spacial score (nSPS) is 18.8. The average molecular weight is 511 g/mol. The lowest BCUT2D eigenvalue weighted by Crippen LogP contribution is -2.47. The lowest BCUT2D eigenvalue weighted by Gasteiger charge is -2.35. The third kappa shape index (κ3) is 6.34. The number of amides is 1. The molecule has 0 spiro atoms. The molecule has 1 atom stereocenters. The van der Waals surface area contributed by atoms with E-state index >= 15 is 0 Å². The van der Waals surface area contributed by atoms with Crippen molar-refractivity contribution in [1.29, 1.82) is 0 Å². The van der Waals surface area contributed by atoms with Crippen LogP contribution in [0.2, 0.25) is 15.1 Å². The van der Waals surface area contributed by atoms with Gasteiger partial charge in [0.25, 0.3) is 0 Å². The van der Waals surface area contributed by atoms with Crippen molar-refractivity contribution in [3.8, 4) is 5.75 Å². The fourth-order valence-corrected chi connectivity index (χ4v) is 5.34. The molecule has 0 aromatic heterocycles. The summed E-state index contributed by atoms with van der Waals surface area (Å²) in [6.45, 7) is 3.28. The number of rotatable bonds is 6. The van der Waals surface area contributed by atoms with Crippen molar-refractivity contribution in [2.45, 2.75) is 50.2 Å². The van der Waals surface area contributed by atoms with Crippen LogP contribution in [0.25, 0.3) is 0 Å².